The number of hydrogen-bond acceptors (Lipinski definition) is 3. The Bertz CT molecular complexity index is 361. The van der Waals surface area contributed by atoms with Gasteiger partial charge in [-0.1, -0.05) is 11.6 Å². The van der Waals surface area contributed by atoms with Crippen LogP contribution in [0.25, 0.3) is 0 Å². The summed E-state index contributed by atoms with van der Waals surface area (Å²) in [5.74, 6) is -0.0188. The molecule has 0 radical (unpaired) electrons. The molecule has 15 heavy (non-hydrogen) atoms. The number of benzene rings is 1. The van der Waals surface area contributed by atoms with Crippen molar-refractivity contribution in [3.05, 3.63) is 29.0 Å². The molecule has 2 unspecified atom stereocenters. The SMILES string of the molecule is NC1CNCC1Oc1ccc(Cl)c(F)c1. The predicted octanol–water partition coefficient (Wildman–Crippen LogP) is 1.16. The zero-order chi connectivity index (χ0) is 10.8. The molecule has 1 aromatic carbocycles. The molecule has 1 aliphatic heterocycles. The Balaban J connectivity index is 2.07. The minimum Gasteiger partial charge on any atom is -0.487 e. The Morgan fingerprint density at radius 3 is 2.87 bits per heavy atom. The van der Waals surface area contributed by atoms with Gasteiger partial charge in [0, 0.05) is 19.2 Å². The Kier molecular flexibility index (Phi) is 3.09. The number of nitrogens with one attached hydrogen (secondary N) is 1. The van der Waals surface area contributed by atoms with Crippen molar-refractivity contribution in [1.29, 1.82) is 0 Å². The van der Waals surface area contributed by atoms with Crippen molar-refractivity contribution in [2.24, 2.45) is 5.73 Å². The molecule has 0 bridgehead atoms. The van der Waals surface area contributed by atoms with Crippen molar-refractivity contribution >= 4 is 11.6 Å². The normalized spacial score (nSPS) is 25.5. The molecule has 1 aromatic rings. The lowest BCUT2D eigenvalue weighted by Crippen LogP contribution is -2.37. The van der Waals surface area contributed by atoms with Gasteiger partial charge in [0.2, 0.25) is 0 Å². The standard InChI is InChI=1S/C10H12ClFN2O/c11-7-2-1-6(3-8(7)12)15-10-5-14-4-9(10)13/h1-3,9-10,14H,4-5,13H2. The number of halogens is 2. The average Bonchev–Trinajstić information content (AvgIpc) is 2.59. The summed E-state index contributed by atoms with van der Waals surface area (Å²) in [6.07, 6.45) is -0.106. The summed E-state index contributed by atoms with van der Waals surface area (Å²) in [6, 6.07) is 4.33. The van der Waals surface area contributed by atoms with Crippen LogP contribution < -0.4 is 15.8 Å². The smallest absolute Gasteiger partial charge is 0.145 e. The predicted molar refractivity (Wildman–Crippen MR) is 56.7 cm³/mol. The zero-order valence-electron chi connectivity index (χ0n) is 8.04. The van der Waals surface area contributed by atoms with E-state index in [-0.39, 0.29) is 17.2 Å². The first-order valence-corrected chi connectivity index (χ1v) is 5.12. The van der Waals surface area contributed by atoms with E-state index in [0.29, 0.717) is 12.3 Å². The molecule has 3 N–H and O–H groups in total. The molecule has 0 amide bonds. The average molecular weight is 231 g/mol. The molecule has 1 fully saturated rings. The molecular weight excluding hydrogens is 219 g/mol. The van der Waals surface area contributed by atoms with Crippen molar-refractivity contribution in [2.45, 2.75) is 12.1 Å². The van der Waals surface area contributed by atoms with Crippen molar-refractivity contribution in [3.63, 3.8) is 0 Å². The van der Waals surface area contributed by atoms with Crippen molar-refractivity contribution < 1.29 is 9.13 Å². The molecule has 5 heteroatoms. The quantitative estimate of drug-likeness (QED) is 0.802. The molecule has 1 heterocycles. The van der Waals surface area contributed by atoms with Gasteiger partial charge in [0.25, 0.3) is 0 Å². The lowest BCUT2D eigenvalue weighted by atomic mass is 10.2. The first-order chi connectivity index (χ1) is 7.16. The van der Waals surface area contributed by atoms with Gasteiger partial charge in [-0.05, 0) is 12.1 Å². The molecule has 1 aliphatic rings. The molecule has 2 rings (SSSR count). The highest BCUT2D eigenvalue weighted by Gasteiger charge is 2.25. The van der Waals surface area contributed by atoms with E-state index in [2.05, 4.69) is 5.32 Å². The van der Waals surface area contributed by atoms with Crippen LogP contribution in [0.2, 0.25) is 5.02 Å². The fourth-order valence-corrected chi connectivity index (χ4v) is 1.65. The van der Waals surface area contributed by atoms with Gasteiger partial charge in [-0.3, -0.25) is 0 Å². The summed E-state index contributed by atoms with van der Waals surface area (Å²) in [7, 11) is 0. The van der Waals surface area contributed by atoms with E-state index in [4.69, 9.17) is 22.1 Å². The minimum absolute atomic E-state index is 0.0521. The Morgan fingerprint density at radius 2 is 2.27 bits per heavy atom. The summed E-state index contributed by atoms with van der Waals surface area (Å²) in [5, 5.41) is 3.19. The molecule has 1 saturated heterocycles. The van der Waals surface area contributed by atoms with Crippen LogP contribution in [0.5, 0.6) is 5.75 Å². The summed E-state index contributed by atoms with van der Waals surface area (Å²) in [6.45, 7) is 1.41. The number of hydrogen-bond donors (Lipinski definition) is 2. The van der Waals surface area contributed by atoms with Crippen LogP contribution >= 0.6 is 11.6 Å². The highest BCUT2D eigenvalue weighted by molar-refractivity contribution is 6.30. The second kappa shape index (κ2) is 4.35. The molecule has 2 atom stereocenters. The van der Waals surface area contributed by atoms with Crippen LogP contribution in [0.4, 0.5) is 4.39 Å². The maximum absolute atomic E-state index is 13.1. The van der Waals surface area contributed by atoms with E-state index in [9.17, 15) is 4.39 Å². The van der Waals surface area contributed by atoms with Crippen LogP contribution in [0.15, 0.2) is 18.2 Å². The third-order valence-electron chi connectivity index (χ3n) is 2.38. The minimum atomic E-state index is -0.478. The molecular formula is C10H12ClFN2O. The van der Waals surface area contributed by atoms with Crippen LogP contribution in [0, 0.1) is 5.82 Å². The monoisotopic (exact) mass is 230 g/mol. The maximum Gasteiger partial charge on any atom is 0.145 e. The van der Waals surface area contributed by atoms with Crippen molar-refractivity contribution in [2.75, 3.05) is 13.1 Å². The van der Waals surface area contributed by atoms with Crippen molar-refractivity contribution in [3.8, 4) is 5.75 Å². The Morgan fingerprint density at radius 1 is 1.47 bits per heavy atom. The Hall–Kier alpha value is -0.840. The topological polar surface area (TPSA) is 47.3 Å². The van der Waals surface area contributed by atoms with Crippen LogP contribution in [-0.2, 0) is 0 Å². The molecule has 82 valence electrons. The maximum atomic E-state index is 13.1. The molecule has 3 nitrogen and oxygen atoms in total. The van der Waals surface area contributed by atoms with E-state index >= 15 is 0 Å². The van der Waals surface area contributed by atoms with E-state index in [1.807, 2.05) is 0 Å². The molecule has 0 aromatic heterocycles. The lowest BCUT2D eigenvalue weighted by molar-refractivity contribution is 0.204. The lowest BCUT2D eigenvalue weighted by Gasteiger charge is -2.16. The van der Waals surface area contributed by atoms with E-state index in [1.165, 1.54) is 12.1 Å². The highest BCUT2D eigenvalue weighted by atomic mass is 35.5. The fraction of sp³-hybridized carbons (Fsp3) is 0.400. The van der Waals surface area contributed by atoms with Crippen LogP contribution in [0.1, 0.15) is 0 Å². The summed E-state index contributed by atoms with van der Waals surface area (Å²) in [5.41, 5.74) is 5.79. The van der Waals surface area contributed by atoms with Gasteiger partial charge in [0.1, 0.15) is 17.7 Å². The second-order valence-electron chi connectivity index (χ2n) is 3.55. The van der Waals surface area contributed by atoms with E-state index < -0.39 is 5.82 Å². The van der Waals surface area contributed by atoms with Gasteiger partial charge >= 0.3 is 0 Å². The number of nitrogens with two attached hydrogens (primary N) is 1. The first kappa shape index (κ1) is 10.7. The highest BCUT2D eigenvalue weighted by Crippen LogP contribution is 2.21. The third kappa shape index (κ3) is 2.40. The fourth-order valence-electron chi connectivity index (χ4n) is 1.53. The first-order valence-electron chi connectivity index (χ1n) is 4.75. The zero-order valence-corrected chi connectivity index (χ0v) is 8.80. The number of rotatable bonds is 2. The Labute approximate surface area is 92.4 Å². The molecule has 0 aliphatic carbocycles. The van der Waals surface area contributed by atoms with Gasteiger partial charge in [0.15, 0.2) is 0 Å². The largest absolute Gasteiger partial charge is 0.487 e. The van der Waals surface area contributed by atoms with Crippen LogP contribution in [0.3, 0.4) is 0 Å². The van der Waals surface area contributed by atoms with Gasteiger partial charge in [0.05, 0.1) is 11.1 Å². The van der Waals surface area contributed by atoms with Gasteiger partial charge in [-0.15, -0.1) is 0 Å². The van der Waals surface area contributed by atoms with Crippen molar-refractivity contribution in [1.82, 2.24) is 5.32 Å². The van der Waals surface area contributed by atoms with E-state index in [0.717, 1.165) is 6.54 Å². The summed E-state index contributed by atoms with van der Waals surface area (Å²) >= 11 is 5.56. The molecule has 0 spiro atoms. The van der Waals surface area contributed by atoms with Gasteiger partial charge < -0.3 is 15.8 Å². The second-order valence-corrected chi connectivity index (χ2v) is 3.96. The van der Waals surface area contributed by atoms with E-state index in [1.54, 1.807) is 6.07 Å². The van der Waals surface area contributed by atoms with Gasteiger partial charge in [-0.2, -0.15) is 0 Å². The molecule has 0 saturated carbocycles. The summed E-state index contributed by atoms with van der Waals surface area (Å²) in [4.78, 5) is 0. The number of ether oxygens (including phenoxy) is 1. The summed E-state index contributed by atoms with van der Waals surface area (Å²) < 4.78 is 18.6. The third-order valence-corrected chi connectivity index (χ3v) is 2.69. The van der Waals surface area contributed by atoms with Crippen LogP contribution in [-0.4, -0.2) is 25.2 Å². The van der Waals surface area contributed by atoms with Gasteiger partial charge in [-0.25, -0.2) is 4.39 Å².